The topological polar surface area (TPSA) is 52.0 Å². The first kappa shape index (κ1) is 14.3. The maximum atomic E-state index is 6.22. The van der Waals surface area contributed by atoms with Gasteiger partial charge >= 0.3 is 0 Å². The fourth-order valence-electron chi connectivity index (χ4n) is 5.07. The summed E-state index contributed by atoms with van der Waals surface area (Å²) in [5.74, 6) is 3.49. The van der Waals surface area contributed by atoms with Gasteiger partial charge < -0.3 is 11.5 Å². The van der Waals surface area contributed by atoms with Crippen molar-refractivity contribution in [1.82, 2.24) is 0 Å². The first-order valence-electron chi connectivity index (χ1n) is 8.05. The first-order valence-corrected chi connectivity index (χ1v) is 8.05. The minimum absolute atomic E-state index is 0.464. The average Bonchev–Trinajstić information content (AvgIpc) is 2.73. The van der Waals surface area contributed by atoms with Crippen LogP contribution in [0.2, 0.25) is 0 Å². The Morgan fingerprint density at radius 1 is 1.17 bits per heavy atom. The summed E-state index contributed by atoms with van der Waals surface area (Å²) in [6.45, 7) is 6.56. The third-order valence-corrected chi connectivity index (χ3v) is 6.09. The Bertz CT molecular complexity index is 266. The summed E-state index contributed by atoms with van der Waals surface area (Å²) >= 11 is 0. The van der Waals surface area contributed by atoms with Crippen molar-refractivity contribution in [3.05, 3.63) is 0 Å². The summed E-state index contributed by atoms with van der Waals surface area (Å²) in [6.07, 6.45) is 9.56. The van der Waals surface area contributed by atoms with Crippen LogP contribution in [0.5, 0.6) is 0 Å². The van der Waals surface area contributed by atoms with Crippen LogP contribution in [-0.2, 0) is 0 Å². The normalized spacial score (nSPS) is 44.7. The van der Waals surface area contributed by atoms with Crippen LogP contribution in [0.15, 0.2) is 0 Å². The minimum atomic E-state index is 0.464. The van der Waals surface area contributed by atoms with E-state index in [9.17, 15) is 0 Å². The second kappa shape index (κ2) is 5.92. The molecule has 5 atom stereocenters. The van der Waals surface area contributed by atoms with Crippen LogP contribution in [0.3, 0.4) is 0 Å². The molecular weight excluding hydrogens is 220 g/mol. The third-order valence-electron chi connectivity index (χ3n) is 6.09. The first-order chi connectivity index (χ1) is 8.65. The molecule has 2 rings (SSSR count). The van der Waals surface area contributed by atoms with E-state index in [2.05, 4.69) is 13.8 Å². The molecule has 4 N–H and O–H groups in total. The second-order valence-electron chi connectivity index (χ2n) is 7.07. The van der Waals surface area contributed by atoms with Crippen molar-refractivity contribution in [2.24, 2.45) is 40.6 Å². The van der Waals surface area contributed by atoms with Gasteiger partial charge in [0.2, 0.25) is 0 Å². The molecule has 18 heavy (non-hydrogen) atoms. The molecule has 5 unspecified atom stereocenters. The van der Waals surface area contributed by atoms with E-state index in [0.29, 0.717) is 5.41 Å². The number of hydrogen-bond acceptors (Lipinski definition) is 2. The fourth-order valence-corrected chi connectivity index (χ4v) is 5.07. The standard InChI is InChI=1S/C16H32N2/c1-3-15-8-13-4-5-14(6-7-17)12(2)9-16(15,10-13)11-18/h12-15H,3-11,17-18H2,1-2H3. The highest BCUT2D eigenvalue weighted by atomic mass is 14.7. The van der Waals surface area contributed by atoms with Crippen molar-refractivity contribution >= 4 is 0 Å². The molecule has 2 heteroatoms. The van der Waals surface area contributed by atoms with E-state index in [1.165, 1.54) is 44.9 Å². The van der Waals surface area contributed by atoms with Gasteiger partial charge in [0.15, 0.2) is 0 Å². The molecule has 0 spiro atoms. The smallest absolute Gasteiger partial charge is 0.00177 e. The monoisotopic (exact) mass is 252 g/mol. The lowest BCUT2D eigenvalue weighted by Gasteiger charge is -2.40. The van der Waals surface area contributed by atoms with E-state index in [1.54, 1.807) is 0 Å². The van der Waals surface area contributed by atoms with Gasteiger partial charge in [-0.05, 0) is 74.3 Å². The predicted octanol–water partition coefficient (Wildman–Crippen LogP) is 3.15. The Balaban J connectivity index is 2.15. The fraction of sp³-hybridized carbons (Fsp3) is 1.00. The summed E-state index contributed by atoms with van der Waals surface area (Å²) in [5.41, 5.74) is 12.5. The number of nitrogens with two attached hydrogens (primary N) is 2. The van der Waals surface area contributed by atoms with Crippen LogP contribution >= 0.6 is 0 Å². The minimum Gasteiger partial charge on any atom is -0.330 e. The molecule has 0 radical (unpaired) electrons. The molecule has 0 aliphatic heterocycles. The number of rotatable bonds is 4. The second-order valence-corrected chi connectivity index (χ2v) is 7.07. The Morgan fingerprint density at radius 2 is 1.94 bits per heavy atom. The van der Waals surface area contributed by atoms with Crippen molar-refractivity contribution in [1.29, 1.82) is 0 Å². The highest BCUT2D eigenvalue weighted by molar-refractivity contribution is 4.98. The molecule has 2 aliphatic carbocycles. The average molecular weight is 252 g/mol. The van der Waals surface area contributed by atoms with Crippen molar-refractivity contribution in [2.75, 3.05) is 13.1 Å². The van der Waals surface area contributed by atoms with E-state index in [0.717, 1.165) is 36.8 Å². The number of hydrogen-bond donors (Lipinski definition) is 2. The van der Waals surface area contributed by atoms with Gasteiger partial charge in [-0.3, -0.25) is 0 Å². The van der Waals surface area contributed by atoms with Crippen molar-refractivity contribution in [3.63, 3.8) is 0 Å². The van der Waals surface area contributed by atoms with Crippen LogP contribution in [0.25, 0.3) is 0 Å². The van der Waals surface area contributed by atoms with E-state index >= 15 is 0 Å². The van der Waals surface area contributed by atoms with Crippen LogP contribution in [0, 0.1) is 29.1 Å². The van der Waals surface area contributed by atoms with Gasteiger partial charge in [0.1, 0.15) is 0 Å². The SMILES string of the molecule is CCC1CC2CCC(CCN)C(C)CC1(CN)C2. The van der Waals surface area contributed by atoms with Crippen molar-refractivity contribution in [3.8, 4) is 0 Å². The summed E-state index contributed by atoms with van der Waals surface area (Å²) in [5, 5.41) is 0. The lowest BCUT2D eigenvalue weighted by atomic mass is 9.66. The molecule has 0 aromatic heterocycles. The lowest BCUT2D eigenvalue weighted by molar-refractivity contribution is 0.115. The zero-order chi connectivity index (χ0) is 13.2. The molecule has 0 aromatic rings. The van der Waals surface area contributed by atoms with E-state index in [4.69, 9.17) is 11.5 Å². The highest BCUT2D eigenvalue weighted by Gasteiger charge is 2.47. The van der Waals surface area contributed by atoms with E-state index in [-0.39, 0.29) is 0 Å². The van der Waals surface area contributed by atoms with Crippen LogP contribution in [0.4, 0.5) is 0 Å². The molecule has 0 aromatic carbocycles. The molecule has 0 amide bonds. The van der Waals surface area contributed by atoms with Crippen LogP contribution < -0.4 is 11.5 Å². The maximum absolute atomic E-state index is 6.22. The molecule has 0 saturated heterocycles. The zero-order valence-electron chi connectivity index (χ0n) is 12.3. The molecule has 0 heterocycles. The van der Waals surface area contributed by atoms with Crippen molar-refractivity contribution in [2.45, 2.75) is 58.8 Å². The Kier molecular flexibility index (Phi) is 4.71. The van der Waals surface area contributed by atoms with Gasteiger partial charge in [0.05, 0.1) is 0 Å². The molecule has 2 aliphatic rings. The maximum Gasteiger partial charge on any atom is -0.00177 e. The van der Waals surface area contributed by atoms with E-state index < -0.39 is 0 Å². The molecular formula is C16H32N2. The summed E-state index contributed by atoms with van der Waals surface area (Å²) in [7, 11) is 0. The van der Waals surface area contributed by atoms with Crippen LogP contribution in [-0.4, -0.2) is 13.1 Å². The summed E-state index contributed by atoms with van der Waals surface area (Å²) in [4.78, 5) is 0. The molecule has 106 valence electrons. The van der Waals surface area contributed by atoms with Gasteiger partial charge in [-0.1, -0.05) is 26.7 Å². The van der Waals surface area contributed by atoms with Gasteiger partial charge in [-0.25, -0.2) is 0 Å². The lowest BCUT2D eigenvalue weighted by Crippen LogP contribution is -2.38. The zero-order valence-corrected chi connectivity index (χ0v) is 12.3. The summed E-state index contributed by atoms with van der Waals surface area (Å²) < 4.78 is 0. The third kappa shape index (κ3) is 2.60. The van der Waals surface area contributed by atoms with Crippen LogP contribution in [0.1, 0.15) is 58.8 Å². The Hall–Kier alpha value is -0.0800. The van der Waals surface area contributed by atoms with Gasteiger partial charge in [-0.2, -0.15) is 0 Å². The van der Waals surface area contributed by atoms with E-state index in [1.807, 2.05) is 0 Å². The molecule has 2 nitrogen and oxygen atoms in total. The van der Waals surface area contributed by atoms with Gasteiger partial charge in [-0.15, -0.1) is 0 Å². The molecule has 2 fully saturated rings. The molecule has 2 saturated carbocycles. The van der Waals surface area contributed by atoms with Gasteiger partial charge in [0, 0.05) is 0 Å². The largest absolute Gasteiger partial charge is 0.330 e. The molecule has 2 bridgehead atoms. The summed E-state index contributed by atoms with van der Waals surface area (Å²) in [6, 6.07) is 0. The Morgan fingerprint density at radius 3 is 2.56 bits per heavy atom. The van der Waals surface area contributed by atoms with Gasteiger partial charge in [0.25, 0.3) is 0 Å². The quantitative estimate of drug-likeness (QED) is 0.807. The van der Waals surface area contributed by atoms with Crippen molar-refractivity contribution < 1.29 is 0 Å². The predicted molar refractivity (Wildman–Crippen MR) is 78.2 cm³/mol. The highest BCUT2D eigenvalue weighted by Crippen LogP contribution is 2.55. The Labute approximate surface area is 113 Å². The number of fused-ring (bicyclic) bond motifs is 2.